The van der Waals surface area contributed by atoms with E-state index in [1.165, 1.54) is 28.3 Å². The smallest absolute Gasteiger partial charge is 0.0504 e. The van der Waals surface area contributed by atoms with Gasteiger partial charge in [0.15, 0.2) is 0 Å². The van der Waals surface area contributed by atoms with Gasteiger partial charge in [0.05, 0.1) is 5.69 Å². The molecule has 1 N–H and O–H groups in total. The fraction of sp³-hybridized carbons (Fsp3) is 0.571. The molecule has 0 radical (unpaired) electrons. The molecule has 1 aliphatic rings. The van der Waals surface area contributed by atoms with Gasteiger partial charge in [-0.15, -0.1) is 11.8 Å². The molecule has 0 bridgehead atoms. The summed E-state index contributed by atoms with van der Waals surface area (Å²) in [5, 5.41) is 3.24. The van der Waals surface area contributed by atoms with E-state index in [-0.39, 0.29) is 0 Å². The largest absolute Gasteiger partial charge is 0.370 e. The summed E-state index contributed by atoms with van der Waals surface area (Å²) in [6, 6.07) is 7.56. The number of nitrogens with zero attached hydrogens (tertiary/aromatic N) is 1. The number of hydrogen-bond donors (Lipinski definition) is 1. The highest BCUT2D eigenvalue weighted by molar-refractivity contribution is 7.99. The first-order valence-corrected chi connectivity index (χ1v) is 7.38. The summed E-state index contributed by atoms with van der Waals surface area (Å²) < 4.78 is 0. The molecular weight excluding hydrogens is 228 g/mol. The lowest BCUT2D eigenvalue weighted by atomic mass is 10.1. The summed E-state index contributed by atoms with van der Waals surface area (Å²) in [5.74, 6) is 1.21. The van der Waals surface area contributed by atoms with Crippen molar-refractivity contribution in [3.63, 3.8) is 0 Å². The van der Waals surface area contributed by atoms with Crippen LogP contribution in [0.5, 0.6) is 0 Å². The lowest BCUT2D eigenvalue weighted by Gasteiger charge is -2.36. The molecule has 2 rings (SSSR count). The SMILES string of the molecule is CCc1ccc2c(c1)SCC(CCNC)N2C. The molecule has 0 saturated heterocycles. The van der Waals surface area contributed by atoms with E-state index in [0.717, 1.165) is 13.0 Å². The van der Waals surface area contributed by atoms with Gasteiger partial charge in [-0.2, -0.15) is 0 Å². The van der Waals surface area contributed by atoms with E-state index in [9.17, 15) is 0 Å². The Labute approximate surface area is 109 Å². The van der Waals surface area contributed by atoms with Gasteiger partial charge in [-0.3, -0.25) is 0 Å². The van der Waals surface area contributed by atoms with Crippen LogP contribution in [0, 0.1) is 0 Å². The molecule has 0 fully saturated rings. The maximum Gasteiger partial charge on any atom is 0.0504 e. The molecular formula is C14H22N2S. The minimum absolute atomic E-state index is 0.660. The Hall–Kier alpha value is -0.670. The number of hydrogen-bond acceptors (Lipinski definition) is 3. The summed E-state index contributed by atoms with van der Waals surface area (Å²) in [7, 11) is 4.25. The van der Waals surface area contributed by atoms with E-state index in [1.807, 2.05) is 18.8 Å². The highest BCUT2D eigenvalue weighted by Gasteiger charge is 2.23. The van der Waals surface area contributed by atoms with Crippen molar-refractivity contribution in [1.29, 1.82) is 0 Å². The molecule has 1 aromatic carbocycles. The van der Waals surface area contributed by atoms with Crippen LogP contribution in [0.3, 0.4) is 0 Å². The van der Waals surface area contributed by atoms with Crippen LogP contribution in [0.1, 0.15) is 18.9 Å². The Kier molecular flexibility index (Phi) is 4.35. The van der Waals surface area contributed by atoms with Crippen molar-refractivity contribution in [3.8, 4) is 0 Å². The van der Waals surface area contributed by atoms with Gasteiger partial charge in [-0.05, 0) is 44.1 Å². The van der Waals surface area contributed by atoms with E-state index in [0.29, 0.717) is 6.04 Å². The van der Waals surface area contributed by atoms with Gasteiger partial charge in [0.2, 0.25) is 0 Å². The van der Waals surface area contributed by atoms with Gasteiger partial charge in [0.25, 0.3) is 0 Å². The van der Waals surface area contributed by atoms with E-state index in [2.05, 4.69) is 42.4 Å². The number of fused-ring (bicyclic) bond motifs is 1. The number of nitrogens with one attached hydrogen (secondary N) is 1. The first-order chi connectivity index (χ1) is 8.26. The molecule has 2 nitrogen and oxygen atoms in total. The Morgan fingerprint density at radius 3 is 3.00 bits per heavy atom. The third-order valence-electron chi connectivity index (χ3n) is 3.52. The predicted molar refractivity (Wildman–Crippen MR) is 77.3 cm³/mol. The molecule has 1 unspecified atom stereocenters. The number of benzene rings is 1. The molecule has 1 aliphatic heterocycles. The minimum Gasteiger partial charge on any atom is -0.370 e. The van der Waals surface area contributed by atoms with Gasteiger partial charge in [-0.25, -0.2) is 0 Å². The van der Waals surface area contributed by atoms with Crippen LogP contribution in [0.15, 0.2) is 23.1 Å². The van der Waals surface area contributed by atoms with Gasteiger partial charge >= 0.3 is 0 Å². The molecule has 0 amide bonds. The summed E-state index contributed by atoms with van der Waals surface area (Å²) >= 11 is 2.01. The average molecular weight is 250 g/mol. The number of rotatable bonds is 4. The van der Waals surface area contributed by atoms with Crippen molar-refractivity contribution in [3.05, 3.63) is 23.8 Å². The monoisotopic (exact) mass is 250 g/mol. The summed E-state index contributed by atoms with van der Waals surface area (Å²) in [5.41, 5.74) is 2.85. The molecule has 0 aromatic heterocycles. The fourth-order valence-electron chi connectivity index (χ4n) is 2.27. The van der Waals surface area contributed by atoms with Gasteiger partial charge in [-0.1, -0.05) is 13.0 Å². The summed E-state index contributed by atoms with van der Waals surface area (Å²) in [6.45, 7) is 3.31. The maximum absolute atomic E-state index is 3.24. The van der Waals surface area contributed by atoms with Crippen molar-refractivity contribution in [2.45, 2.75) is 30.7 Å². The Balaban J connectivity index is 2.15. The molecule has 1 atom stereocenters. The van der Waals surface area contributed by atoms with E-state index in [1.54, 1.807) is 0 Å². The first-order valence-electron chi connectivity index (χ1n) is 6.39. The second-order valence-corrected chi connectivity index (χ2v) is 5.69. The maximum atomic E-state index is 3.24. The zero-order chi connectivity index (χ0) is 12.3. The van der Waals surface area contributed by atoms with Crippen molar-refractivity contribution in [2.75, 3.05) is 31.3 Å². The highest BCUT2D eigenvalue weighted by atomic mass is 32.2. The van der Waals surface area contributed by atoms with E-state index < -0.39 is 0 Å². The van der Waals surface area contributed by atoms with E-state index >= 15 is 0 Å². The third-order valence-corrected chi connectivity index (χ3v) is 4.71. The van der Waals surface area contributed by atoms with E-state index in [4.69, 9.17) is 0 Å². The van der Waals surface area contributed by atoms with Crippen molar-refractivity contribution >= 4 is 17.4 Å². The normalized spacial score (nSPS) is 19.2. The molecule has 17 heavy (non-hydrogen) atoms. The van der Waals surface area contributed by atoms with Gasteiger partial charge in [0, 0.05) is 23.7 Å². The molecule has 0 aliphatic carbocycles. The molecule has 94 valence electrons. The van der Waals surface area contributed by atoms with Crippen LogP contribution in [0.2, 0.25) is 0 Å². The van der Waals surface area contributed by atoms with Crippen LogP contribution >= 0.6 is 11.8 Å². The van der Waals surface area contributed by atoms with Crippen LogP contribution in [0.4, 0.5) is 5.69 Å². The highest BCUT2D eigenvalue weighted by Crippen LogP contribution is 2.37. The Bertz CT molecular complexity index is 378. The third kappa shape index (κ3) is 2.78. The topological polar surface area (TPSA) is 15.3 Å². The quantitative estimate of drug-likeness (QED) is 0.884. The van der Waals surface area contributed by atoms with Crippen molar-refractivity contribution in [2.24, 2.45) is 0 Å². The molecule has 1 aromatic rings. The first kappa shape index (κ1) is 12.8. The predicted octanol–water partition coefficient (Wildman–Crippen LogP) is 2.77. The molecule has 0 spiro atoms. The van der Waals surface area contributed by atoms with Crippen molar-refractivity contribution < 1.29 is 0 Å². The van der Waals surface area contributed by atoms with Crippen LogP contribution in [-0.4, -0.2) is 32.4 Å². The lowest BCUT2D eigenvalue weighted by molar-refractivity contribution is 0.598. The zero-order valence-corrected chi connectivity index (χ0v) is 11.8. The Morgan fingerprint density at radius 2 is 2.29 bits per heavy atom. The lowest BCUT2D eigenvalue weighted by Crippen LogP contribution is -2.38. The average Bonchev–Trinajstić information content (AvgIpc) is 2.37. The summed E-state index contributed by atoms with van der Waals surface area (Å²) in [4.78, 5) is 3.90. The standard InChI is InChI=1S/C14H22N2S/c1-4-11-5-6-13-14(9-11)17-10-12(16(13)3)7-8-15-2/h5-6,9,12,15H,4,7-8,10H2,1-3H3. The minimum atomic E-state index is 0.660. The van der Waals surface area contributed by atoms with Crippen LogP contribution in [0.25, 0.3) is 0 Å². The van der Waals surface area contributed by atoms with Gasteiger partial charge < -0.3 is 10.2 Å². The second-order valence-electron chi connectivity index (χ2n) is 4.62. The summed E-state index contributed by atoms with van der Waals surface area (Å²) in [6.07, 6.45) is 2.34. The second kappa shape index (κ2) is 5.78. The van der Waals surface area contributed by atoms with Gasteiger partial charge in [0.1, 0.15) is 0 Å². The van der Waals surface area contributed by atoms with Crippen LogP contribution < -0.4 is 10.2 Å². The molecule has 0 saturated carbocycles. The molecule has 1 heterocycles. The zero-order valence-electron chi connectivity index (χ0n) is 11.0. The van der Waals surface area contributed by atoms with Crippen molar-refractivity contribution in [1.82, 2.24) is 5.32 Å². The van der Waals surface area contributed by atoms with Crippen LogP contribution in [-0.2, 0) is 6.42 Å². The molecule has 3 heteroatoms. The number of thioether (sulfide) groups is 1. The fourth-order valence-corrected chi connectivity index (χ4v) is 3.62. The number of anilines is 1. The Morgan fingerprint density at radius 1 is 1.47 bits per heavy atom. The number of aryl methyl sites for hydroxylation is 1.